The number of anilines is 1. The van der Waals surface area contributed by atoms with E-state index in [-0.39, 0.29) is 0 Å². The summed E-state index contributed by atoms with van der Waals surface area (Å²) in [7, 11) is 0. The molecule has 0 aliphatic rings. The fourth-order valence-electron chi connectivity index (χ4n) is 3.94. The summed E-state index contributed by atoms with van der Waals surface area (Å²) < 4.78 is 27.8. The molecule has 0 aliphatic heterocycles. The van der Waals surface area contributed by atoms with E-state index < -0.39 is 30.4 Å². The Kier molecular flexibility index (Phi) is 8.12. The zero-order valence-corrected chi connectivity index (χ0v) is 20.6. The third kappa shape index (κ3) is 6.17. The highest BCUT2D eigenvalue weighted by atomic mass is 35.5. The van der Waals surface area contributed by atoms with Crippen LogP contribution in [0.3, 0.4) is 0 Å². The van der Waals surface area contributed by atoms with Gasteiger partial charge in [0.1, 0.15) is 12.1 Å². The number of carbonyl (C=O) groups excluding carboxylic acids is 1. The molecule has 3 rings (SSSR count). The molecule has 1 amide bonds. The van der Waals surface area contributed by atoms with Crippen LogP contribution in [0.15, 0.2) is 54.6 Å². The quantitative estimate of drug-likeness (QED) is 0.327. The number of aliphatic carboxylic acids is 1. The van der Waals surface area contributed by atoms with Crippen molar-refractivity contribution in [3.05, 3.63) is 87.4 Å². The number of hydrogen-bond donors (Lipinski definition) is 3. The average Bonchev–Trinajstić information content (AvgIpc) is 2.78. The Labute approximate surface area is 208 Å². The maximum absolute atomic E-state index is 13.9. The normalized spacial score (nSPS) is 12.8. The van der Waals surface area contributed by atoms with Gasteiger partial charge < -0.3 is 15.7 Å². The van der Waals surface area contributed by atoms with E-state index in [9.17, 15) is 18.4 Å². The topological polar surface area (TPSA) is 78.4 Å². The molecule has 3 N–H and O–H groups in total. The van der Waals surface area contributed by atoms with Crippen LogP contribution in [0, 0.1) is 20.8 Å². The van der Waals surface area contributed by atoms with Gasteiger partial charge in [-0.3, -0.25) is 9.59 Å². The van der Waals surface area contributed by atoms with Gasteiger partial charge in [-0.15, -0.1) is 0 Å². The third-order valence-electron chi connectivity index (χ3n) is 5.79. The predicted octanol–water partition coefficient (Wildman–Crippen LogP) is 6.55. The number of carboxylic acid groups (broad SMARTS) is 1. The molecule has 5 nitrogen and oxygen atoms in total. The van der Waals surface area contributed by atoms with Crippen molar-refractivity contribution >= 4 is 29.2 Å². The zero-order valence-electron chi connectivity index (χ0n) is 19.8. The molecule has 0 radical (unpaired) electrons. The van der Waals surface area contributed by atoms with Gasteiger partial charge in [0.15, 0.2) is 0 Å². The minimum Gasteiger partial charge on any atom is -0.480 e. The largest absolute Gasteiger partial charge is 0.480 e. The van der Waals surface area contributed by atoms with Gasteiger partial charge in [0, 0.05) is 16.3 Å². The van der Waals surface area contributed by atoms with Crippen LogP contribution in [0.1, 0.15) is 45.6 Å². The molecule has 0 heterocycles. The molecular weight excluding hydrogens is 474 g/mol. The number of alkyl halides is 2. The number of nitrogens with one attached hydrogen (secondary N) is 2. The number of carboxylic acids is 1. The zero-order chi connectivity index (χ0) is 25.9. The van der Waals surface area contributed by atoms with Crippen molar-refractivity contribution < 1.29 is 23.5 Å². The van der Waals surface area contributed by atoms with E-state index in [2.05, 4.69) is 10.6 Å². The molecule has 3 aromatic carbocycles. The van der Waals surface area contributed by atoms with Gasteiger partial charge in [-0.05, 0) is 79.3 Å². The summed E-state index contributed by atoms with van der Waals surface area (Å²) in [5, 5.41) is 15.0. The van der Waals surface area contributed by atoms with Crippen molar-refractivity contribution in [2.75, 3.05) is 5.32 Å². The van der Waals surface area contributed by atoms with E-state index in [0.29, 0.717) is 33.0 Å². The lowest BCUT2D eigenvalue weighted by atomic mass is 9.94. The molecular formula is C27H27ClF2N2O3. The van der Waals surface area contributed by atoms with Crippen molar-refractivity contribution in [1.82, 2.24) is 5.32 Å². The molecule has 2 atom stereocenters. The summed E-state index contributed by atoms with van der Waals surface area (Å²) in [6, 6.07) is 13.4. The van der Waals surface area contributed by atoms with E-state index in [1.807, 2.05) is 18.2 Å². The molecule has 1 unspecified atom stereocenters. The Morgan fingerprint density at radius 1 is 0.914 bits per heavy atom. The van der Waals surface area contributed by atoms with Crippen LogP contribution in [0.4, 0.5) is 14.5 Å². The van der Waals surface area contributed by atoms with Crippen molar-refractivity contribution in [3.63, 3.8) is 0 Å². The van der Waals surface area contributed by atoms with Crippen molar-refractivity contribution in [2.45, 2.75) is 46.2 Å². The number of amides is 1. The first-order valence-electron chi connectivity index (χ1n) is 11.0. The van der Waals surface area contributed by atoms with Crippen LogP contribution < -0.4 is 10.6 Å². The molecule has 0 saturated heterocycles. The van der Waals surface area contributed by atoms with Gasteiger partial charge >= 0.3 is 5.97 Å². The number of hydrogen-bond acceptors (Lipinski definition) is 3. The number of benzene rings is 3. The van der Waals surface area contributed by atoms with Gasteiger partial charge in [-0.2, -0.15) is 0 Å². The first kappa shape index (κ1) is 26.2. The molecule has 0 aliphatic carbocycles. The van der Waals surface area contributed by atoms with Crippen LogP contribution in [0.5, 0.6) is 0 Å². The highest BCUT2D eigenvalue weighted by molar-refractivity contribution is 6.31. The number of halogens is 3. The van der Waals surface area contributed by atoms with Gasteiger partial charge in [-0.1, -0.05) is 48.0 Å². The monoisotopic (exact) mass is 500 g/mol. The summed E-state index contributed by atoms with van der Waals surface area (Å²) in [6.07, 6.45) is -2.64. The van der Waals surface area contributed by atoms with Gasteiger partial charge in [0.25, 0.3) is 12.3 Å². The second kappa shape index (κ2) is 10.9. The Hall–Kier alpha value is -3.45. The summed E-state index contributed by atoms with van der Waals surface area (Å²) in [5.41, 5.74) is 5.03. The molecule has 0 fully saturated rings. The maximum Gasteiger partial charge on any atom is 0.325 e. The summed E-state index contributed by atoms with van der Waals surface area (Å²) in [5.74, 6) is -1.58. The second-order valence-electron chi connectivity index (χ2n) is 8.56. The molecule has 0 spiro atoms. The van der Waals surface area contributed by atoms with E-state index in [4.69, 9.17) is 16.7 Å². The van der Waals surface area contributed by atoms with Crippen molar-refractivity contribution in [2.24, 2.45) is 0 Å². The SMILES string of the molecule is Cc1cc(C(Nc2cccc(-c3cc(C)c(C(=O)N[C@@H](C)C(=O)O)c(C)c3)c2)C(F)F)ccc1Cl. The molecule has 184 valence electrons. The van der Waals surface area contributed by atoms with E-state index in [0.717, 1.165) is 16.7 Å². The third-order valence-corrected chi connectivity index (χ3v) is 6.21. The Bertz CT molecular complexity index is 1240. The highest BCUT2D eigenvalue weighted by Gasteiger charge is 2.23. The van der Waals surface area contributed by atoms with Crippen LogP contribution in [0.25, 0.3) is 11.1 Å². The molecule has 8 heteroatoms. The summed E-state index contributed by atoms with van der Waals surface area (Å²) in [4.78, 5) is 23.7. The first-order valence-corrected chi connectivity index (χ1v) is 11.4. The van der Waals surface area contributed by atoms with Crippen LogP contribution in [-0.4, -0.2) is 29.5 Å². The van der Waals surface area contributed by atoms with E-state index >= 15 is 0 Å². The van der Waals surface area contributed by atoms with E-state index in [1.165, 1.54) is 6.92 Å². The molecule has 0 aromatic heterocycles. The van der Waals surface area contributed by atoms with Crippen molar-refractivity contribution in [1.29, 1.82) is 0 Å². The molecule has 0 saturated carbocycles. The number of aryl methyl sites for hydroxylation is 3. The smallest absolute Gasteiger partial charge is 0.325 e. The highest BCUT2D eigenvalue weighted by Crippen LogP contribution is 2.31. The van der Waals surface area contributed by atoms with Gasteiger partial charge in [0.05, 0.1) is 0 Å². The summed E-state index contributed by atoms with van der Waals surface area (Å²) in [6.45, 7) is 6.71. The Morgan fingerprint density at radius 3 is 2.14 bits per heavy atom. The standard InChI is InChI=1S/C27H27ClF2N2O3/c1-14-10-19(8-9-22(14)28)24(25(29)30)32-21-7-5-6-18(13-21)20-11-15(2)23(16(3)12-20)26(33)31-17(4)27(34)35/h5-13,17,24-25,32H,1-4H3,(H,31,33)(H,34,35)/t17-,24?/m0/s1. The minimum atomic E-state index is -2.64. The Morgan fingerprint density at radius 2 is 1.57 bits per heavy atom. The number of rotatable bonds is 8. The fourth-order valence-corrected chi connectivity index (χ4v) is 4.06. The van der Waals surface area contributed by atoms with Gasteiger partial charge in [0.2, 0.25) is 0 Å². The molecule has 0 bridgehead atoms. The average molecular weight is 501 g/mol. The lowest BCUT2D eigenvalue weighted by Crippen LogP contribution is -2.38. The van der Waals surface area contributed by atoms with E-state index in [1.54, 1.807) is 57.2 Å². The lowest BCUT2D eigenvalue weighted by Gasteiger charge is -2.21. The van der Waals surface area contributed by atoms with Crippen LogP contribution in [0.2, 0.25) is 5.02 Å². The number of carbonyl (C=O) groups is 2. The molecule has 3 aromatic rings. The van der Waals surface area contributed by atoms with Crippen molar-refractivity contribution in [3.8, 4) is 11.1 Å². The predicted molar refractivity (Wildman–Crippen MR) is 134 cm³/mol. The fraction of sp³-hybridized carbons (Fsp3) is 0.259. The second-order valence-corrected chi connectivity index (χ2v) is 8.97. The van der Waals surface area contributed by atoms with Crippen LogP contribution >= 0.6 is 11.6 Å². The maximum atomic E-state index is 13.9. The summed E-state index contributed by atoms with van der Waals surface area (Å²) >= 11 is 6.05. The van der Waals surface area contributed by atoms with Crippen LogP contribution in [-0.2, 0) is 4.79 Å². The Balaban J connectivity index is 1.89. The minimum absolute atomic E-state index is 0.409. The van der Waals surface area contributed by atoms with Gasteiger partial charge in [-0.25, -0.2) is 8.78 Å². The molecule has 35 heavy (non-hydrogen) atoms. The lowest BCUT2D eigenvalue weighted by molar-refractivity contribution is -0.138. The first-order chi connectivity index (χ1) is 16.5.